The number of carbonyl (C=O) groups is 1. The summed E-state index contributed by atoms with van der Waals surface area (Å²) in [7, 11) is -8.84. The van der Waals surface area contributed by atoms with E-state index >= 15 is 0 Å². The Hall–Kier alpha value is -5.03. The van der Waals surface area contributed by atoms with E-state index in [1.165, 1.54) is 36.4 Å². The van der Waals surface area contributed by atoms with Gasteiger partial charge in [0.2, 0.25) is 0 Å². The number of allylic oxidation sites excluding steroid dienone is 1. The minimum atomic E-state index is -4.46. The predicted molar refractivity (Wildman–Crippen MR) is 141 cm³/mol. The number of nitrogens with zero attached hydrogens (tertiary/aromatic N) is 6. The van der Waals surface area contributed by atoms with Gasteiger partial charge in [0.05, 0.1) is 21.7 Å². The van der Waals surface area contributed by atoms with Gasteiger partial charge in [-0.2, -0.15) is 37.5 Å². The maximum absolute atomic E-state index is 13.3. The van der Waals surface area contributed by atoms with Gasteiger partial charge in [-0.15, -0.1) is 5.10 Å². The summed E-state index contributed by atoms with van der Waals surface area (Å²) in [5.74, 6) is -1.40. The molecule has 0 bridgehead atoms. The van der Waals surface area contributed by atoms with Crippen molar-refractivity contribution in [3.05, 3.63) is 77.0 Å². The van der Waals surface area contributed by atoms with Crippen molar-refractivity contribution in [2.45, 2.75) is 36.0 Å². The molecule has 1 amide bonds. The van der Waals surface area contributed by atoms with Crippen LogP contribution in [-0.4, -0.2) is 48.1 Å². The summed E-state index contributed by atoms with van der Waals surface area (Å²) in [5, 5.41) is 38.5. The topological polar surface area (TPSA) is 216 Å². The molecule has 1 aliphatic rings. The van der Waals surface area contributed by atoms with Crippen LogP contribution < -0.4 is 9.29 Å². The SMILES string of the molecule is CC/C(CCc1c(C#N)nn(OS(=O)(=O)c2ccccc2)c1O)=C1/C(=O)N(c2ccc(S(=O)(=O)O)cc2)N=C1C#N. The molecule has 3 aromatic rings. The van der Waals surface area contributed by atoms with Crippen LogP contribution in [0.3, 0.4) is 0 Å². The van der Waals surface area contributed by atoms with Crippen LogP contribution in [0, 0.1) is 22.7 Å². The molecule has 2 aromatic carbocycles. The van der Waals surface area contributed by atoms with Gasteiger partial charge in [0.1, 0.15) is 17.0 Å². The van der Waals surface area contributed by atoms with Crippen molar-refractivity contribution in [3.63, 3.8) is 0 Å². The fourth-order valence-corrected chi connectivity index (χ4v) is 5.35. The molecule has 0 fully saturated rings. The summed E-state index contributed by atoms with van der Waals surface area (Å²) in [6.07, 6.45) is 0.241. The van der Waals surface area contributed by atoms with Gasteiger partial charge in [0.15, 0.2) is 11.4 Å². The third kappa shape index (κ3) is 5.80. The van der Waals surface area contributed by atoms with Crippen LogP contribution >= 0.6 is 0 Å². The summed E-state index contributed by atoms with van der Waals surface area (Å²) in [4.78, 5) is 13.0. The first-order valence-corrected chi connectivity index (χ1v) is 14.6. The van der Waals surface area contributed by atoms with E-state index in [1.807, 2.05) is 6.07 Å². The highest BCUT2D eigenvalue weighted by Gasteiger charge is 2.34. The van der Waals surface area contributed by atoms with Gasteiger partial charge in [-0.1, -0.05) is 30.7 Å². The van der Waals surface area contributed by atoms with E-state index in [0.29, 0.717) is 10.4 Å². The molecule has 2 N–H and O–H groups in total. The Morgan fingerprint density at radius 1 is 1.00 bits per heavy atom. The molecular weight excluding hydrogens is 576 g/mol. The van der Waals surface area contributed by atoms with Crippen LogP contribution in [0.5, 0.6) is 5.88 Å². The highest BCUT2D eigenvalue weighted by atomic mass is 32.2. The molecule has 2 heterocycles. The fraction of sp³-hybridized carbons (Fsp3) is 0.160. The third-order valence-electron chi connectivity index (χ3n) is 6.02. The zero-order chi connectivity index (χ0) is 29.9. The number of rotatable bonds is 9. The zero-order valence-electron chi connectivity index (χ0n) is 21.2. The van der Waals surface area contributed by atoms with Gasteiger partial charge in [0, 0.05) is 0 Å². The quantitative estimate of drug-likeness (QED) is 0.269. The second kappa shape index (κ2) is 11.2. The lowest BCUT2D eigenvalue weighted by atomic mass is 9.95. The van der Waals surface area contributed by atoms with Gasteiger partial charge in [-0.25, -0.2) is 0 Å². The number of carbonyl (C=O) groups excluding carboxylic acids is 1. The van der Waals surface area contributed by atoms with E-state index in [1.54, 1.807) is 19.1 Å². The van der Waals surface area contributed by atoms with Crippen molar-refractivity contribution < 1.29 is 35.6 Å². The van der Waals surface area contributed by atoms with Gasteiger partial charge in [-0.05, 0) is 60.5 Å². The molecule has 0 saturated heterocycles. The summed E-state index contributed by atoms with van der Waals surface area (Å²) in [6.45, 7) is 1.72. The Morgan fingerprint density at radius 3 is 2.22 bits per heavy atom. The molecule has 0 spiro atoms. The Bertz CT molecular complexity index is 1880. The molecule has 41 heavy (non-hydrogen) atoms. The van der Waals surface area contributed by atoms with Crippen molar-refractivity contribution in [1.29, 1.82) is 10.5 Å². The molecule has 1 aromatic heterocycles. The number of anilines is 1. The number of hydrogen-bond donors (Lipinski definition) is 2. The highest BCUT2D eigenvalue weighted by Crippen LogP contribution is 2.31. The minimum Gasteiger partial charge on any atom is -0.491 e. The van der Waals surface area contributed by atoms with E-state index in [0.717, 1.165) is 17.1 Å². The number of aromatic nitrogens is 2. The lowest BCUT2D eigenvalue weighted by Crippen LogP contribution is -2.22. The molecule has 4 rings (SSSR count). The summed E-state index contributed by atoms with van der Waals surface area (Å²) < 4.78 is 61.8. The lowest BCUT2D eigenvalue weighted by Gasteiger charge is -2.13. The first kappa shape index (κ1) is 29.0. The van der Waals surface area contributed by atoms with Crippen LogP contribution in [0.1, 0.15) is 31.0 Å². The normalized spacial score (nSPS) is 14.8. The molecule has 0 unspecified atom stereocenters. The molecule has 16 heteroatoms. The van der Waals surface area contributed by atoms with Gasteiger partial charge >= 0.3 is 10.1 Å². The summed E-state index contributed by atoms with van der Waals surface area (Å²) in [5.41, 5.74) is 0.0226. The van der Waals surface area contributed by atoms with Crippen LogP contribution in [0.2, 0.25) is 0 Å². The van der Waals surface area contributed by atoms with E-state index in [4.69, 9.17) is 4.28 Å². The van der Waals surface area contributed by atoms with Crippen molar-refractivity contribution in [1.82, 2.24) is 9.94 Å². The van der Waals surface area contributed by atoms with Crippen molar-refractivity contribution in [2.24, 2.45) is 5.10 Å². The first-order valence-electron chi connectivity index (χ1n) is 11.7. The molecule has 1 aliphatic heterocycles. The van der Waals surface area contributed by atoms with Crippen LogP contribution in [0.15, 0.2) is 80.6 Å². The van der Waals surface area contributed by atoms with E-state index in [2.05, 4.69) is 10.2 Å². The Labute approximate surface area is 234 Å². The van der Waals surface area contributed by atoms with E-state index in [9.17, 15) is 41.8 Å². The maximum atomic E-state index is 13.3. The van der Waals surface area contributed by atoms with Crippen LogP contribution in [0.4, 0.5) is 5.69 Å². The molecule has 0 aliphatic carbocycles. The standard InChI is InChI=1S/C25H20N6O8S2/c1-2-16(23-22(15-27)28-30(25(23)33)17-9-11-18(12-10-17)40(34,35)36)8-13-20-21(14-26)29-31(24(20)32)39-41(37,38)19-6-4-3-5-7-19/h3-7,9-12,32H,2,8,13H2,1H3,(H,34,35,36)/b23-16-. The Morgan fingerprint density at radius 2 is 1.66 bits per heavy atom. The molecule has 0 atom stereocenters. The zero-order valence-corrected chi connectivity index (χ0v) is 22.8. The number of benzene rings is 2. The maximum Gasteiger partial charge on any atom is 0.358 e. The third-order valence-corrected chi connectivity index (χ3v) is 8.07. The molecule has 14 nitrogen and oxygen atoms in total. The van der Waals surface area contributed by atoms with Crippen LogP contribution in [-0.2, 0) is 31.5 Å². The number of nitriles is 2. The van der Waals surface area contributed by atoms with Crippen LogP contribution in [0.25, 0.3) is 0 Å². The number of aromatic hydroxyl groups is 1. The van der Waals surface area contributed by atoms with Gasteiger partial charge in [-0.3, -0.25) is 13.6 Å². The summed E-state index contributed by atoms with van der Waals surface area (Å²) >= 11 is 0. The van der Waals surface area contributed by atoms with Gasteiger partial charge < -0.3 is 5.11 Å². The van der Waals surface area contributed by atoms with E-state index < -0.39 is 36.9 Å². The van der Waals surface area contributed by atoms with Crippen molar-refractivity contribution >= 4 is 37.5 Å². The predicted octanol–water partition coefficient (Wildman–Crippen LogP) is 2.09. The number of hydrazone groups is 1. The molecule has 0 saturated carbocycles. The second-order valence-electron chi connectivity index (χ2n) is 8.46. The summed E-state index contributed by atoms with van der Waals surface area (Å²) in [6, 6.07) is 15.4. The minimum absolute atomic E-state index is 0.0119. The number of amides is 1. The fourth-order valence-electron chi connectivity index (χ4n) is 4.00. The smallest absolute Gasteiger partial charge is 0.358 e. The average molecular weight is 597 g/mol. The average Bonchev–Trinajstić information content (AvgIpc) is 3.44. The number of hydrogen-bond acceptors (Lipinski definition) is 11. The largest absolute Gasteiger partial charge is 0.491 e. The Balaban J connectivity index is 1.61. The van der Waals surface area contributed by atoms with Gasteiger partial charge in [0.25, 0.3) is 21.9 Å². The second-order valence-corrected chi connectivity index (χ2v) is 11.4. The van der Waals surface area contributed by atoms with Crippen molar-refractivity contribution in [3.8, 4) is 18.0 Å². The molecule has 210 valence electrons. The van der Waals surface area contributed by atoms with E-state index in [-0.39, 0.29) is 52.4 Å². The lowest BCUT2D eigenvalue weighted by molar-refractivity contribution is -0.114. The highest BCUT2D eigenvalue weighted by molar-refractivity contribution is 7.87. The Kier molecular flexibility index (Phi) is 7.93. The molecular formula is C25H20N6O8S2. The molecule has 0 radical (unpaired) electrons. The first-order chi connectivity index (χ1) is 19.4. The monoisotopic (exact) mass is 596 g/mol. The van der Waals surface area contributed by atoms with Crippen molar-refractivity contribution in [2.75, 3.05) is 5.01 Å².